The van der Waals surface area contributed by atoms with E-state index in [1.807, 2.05) is 31.0 Å². The molecule has 0 radical (unpaired) electrons. The number of nitrogens with zero attached hydrogens (tertiary/aromatic N) is 2. The van der Waals surface area contributed by atoms with Gasteiger partial charge in [0, 0.05) is 19.3 Å². The van der Waals surface area contributed by atoms with Gasteiger partial charge in [-0.05, 0) is 30.7 Å². The summed E-state index contributed by atoms with van der Waals surface area (Å²) >= 11 is 0. The van der Waals surface area contributed by atoms with E-state index in [-0.39, 0.29) is 0 Å². The summed E-state index contributed by atoms with van der Waals surface area (Å²) in [5, 5.41) is 7.50. The predicted molar refractivity (Wildman–Crippen MR) is 70.7 cm³/mol. The van der Waals surface area contributed by atoms with E-state index in [4.69, 9.17) is 0 Å². The lowest BCUT2D eigenvalue weighted by Gasteiger charge is -2.14. The van der Waals surface area contributed by atoms with Crippen LogP contribution < -0.4 is 5.32 Å². The zero-order chi connectivity index (χ0) is 12.3. The Balaban J connectivity index is 2.27. The highest BCUT2D eigenvalue weighted by Gasteiger charge is 2.07. The second kappa shape index (κ2) is 5.15. The second-order valence-corrected chi connectivity index (χ2v) is 4.21. The van der Waals surface area contributed by atoms with Crippen molar-refractivity contribution in [3.05, 3.63) is 42.1 Å². The number of hydrogen-bond donors (Lipinski definition) is 1. The van der Waals surface area contributed by atoms with Gasteiger partial charge in [-0.15, -0.1) is 0 Å². The number of nitrogens with one attached hydrogen (secondary N) is 1. The van der Waals surface area contributed by atoms with Crippen LogP contribution >= 0.6 is 0 Å². The first-order valence-electron chi connectivity index (χ1n) is 6.02. The van der Waals surface area contributed by atoms with Crippen LogP contribution in [0.1, 0.15) is 24.9 Å². The molecule has 0 amide bonds. The van der Waals surface area contributed by atoms with Crippen LogP contribution in [0, 0.1) is 0 Å². The van der Waals surface area contributed by atoms with Gasteiger partial charge < -0.3 is 5.32 Å². The van der Waals surface area contributed by atoms with Crippen LogP contribution in [0.4, 0.5) is 0 Å². The van der Waals surface area contributed by atoms with Crippen LogP contribution in [0.25, 0.3) is 11.3 Å². The molecule has 1 aromatic carbocycles. The van der Waals surface area contributed by atoms with Crippen LogP contribution in [-0.4, -0.2) is 16.8 Å². The van der Waals surface area contributed by atoms with Crippen molar-refractivity contribution < 1.29 is 0 Å². The van der Waals surface area contributed by atoms with E-state index >= 15 is 0 Å². The van der Waals surface area contributed by atoms with Crippen LogP contribution in [0.15, 0.2) is 36.5 Å². The molecule has 1 N–H and O–H groups in total. The van der Waals surface area contributed by atoms with Crippen molar-refractivity contribution in [1.29, 1.82) is 0 Å². The Morgan fingerprint density at radius 1 is 1.24 bits per heavy atom. The van der Waals surface area contributed by atoms with Gasteiger partial charge in [-0.2, -0.15) is 5.10 Å². The van der Waals surface area contributed by atoms with Gasteiger partial charge in [-0.1, -0.05) is 31.2 Å². The average Bonchev–Trinajstić information content (AvgIpc) is 2.78. The maximum atomic E-state index is 4.19. The summed E-state index contributed by atoms with van der Waals surface area (Å²) in [6, 6.07) is 11.2. The highest BCUT2D eigenvalue weighted by atomic mass is 15.2. The summed E-state index contributed by atoms with van der Waals surface area (Å²) in [6.07, 6.45) is 2.92. The number of benzene rings is 1. The lowest BCUT2D eigenvalue weighted by Crippen LogP contribution is -2.14. The first-order chi connectivity index (χ1) is 8.26. The zero-order valence-corrected chi connectivity index (χ0v) is 10.6. The number of aromatic nitrogens is 2. The maximum absolute atomic E-state index is 4.19. The molecular weight excluding hydrogens is 210 g/mol. The topological polar surface area (TPSA) is 29.9 Å². The fourth-order valence-corrected chi connectivity index (χ4v) is 2.15. The molecule has 3 nitrogen and oxygen atoms in total. The number of rotatable bonds is 4. The van der Waals surface area contributed by atoms with Crippen molar-refractivity contribution in [1.82, 2.24) is 15.1 Å². The van der Waals surface area contributed by atoms with Gasteiger partial charge in [0.1, 0.15) is 0 Å². The molecule has 1 atom stereocenters. The molecule has 0 saturated carbocycles. The van der Waals surface area contributed by atoms with Crippen LogP contribution in [0.2, 0.25) is 0 Å². The molecule has 0 bridgehead atoms. The van der Waals surface area contributed by atoms with Gasteiger partial charge in [0.05, 0.1) is 5.69 Å². The molecule has 2 aromatic rings. The van der Waals surface area contributed by atoms with E-state index in [9.17, 15) is 0 Å². The Morgan fingerprint density at radius 3 is 2.41 bits per heavy atom. The largest absolute Gasteiger partial charge is 0.313 e. The standard InChI is InChI=1S/C14H19N3/c1-4-13(15-2)11-5-7-12(8-6-11)14-9-10-16-17(14)3/h5-10,13,15H,4H2,1-3H3. The molecule has 1 unspecified atom stereocenters. The minimum absolute atomic E-state index is 0.440. The maximum Gasteiger partial charge on any atom is 0.0678 e. The molecule has 0 spiro atoms. The monoisotopic (exact) mass is 229 g/mol. The summed E-state index contributed by atoms with van der Waals surface area (Å²) in [5.41, 5.74) is 3.69. The summed E-state index contributed by atoms with van der Waals surface area (Å²) in [7, 11) is 3.97. The third kappa shape index (κ3) is 2.39. The summed E-state index contributed by atoms with van der Waals surface area (Å²) in [5.74, 6) is 0. The molecule has 0 aliphatic carbocycles. The molecule has 17 heavy (non-hydrogen) atoms. The van der Waals surface area contributed by atoms with Crippen molar-refractivity contribution in [2.75, 3.05) is 7.05 Å². The highest BCUT2D eigenvalue weighted by Crippen LogP contribution is 2.22. The minimum Gasteiger partial charge on any atom is -0.313 e. The number of aryl methyl sites for hydroxylation is 1. The average molecular weight is 229 g/mol. The van der Waals surface area contributed by atoms with Crippen LogP contribution in [0.3, 0.4) is 0 Å². The quantitative estimate of drug-likeness (QED) is 0.873. The molecule has 0 aliphatic rings. The molecule has 1 aromatic heterocycles. The Kier molecular flexibility index (Phi) is 3.59. The Hall–Kier alpha value is -1.61. The fourth-order valence-electron chi connectivity index (χ4n) is 2.15. The van der Waals surface area contributed by atoms with Crippen molar-refractivity contribution >= 4 is 0 Å². The van der Waals surface area contributed by atoms with E-state index in [1.165, 1.54) is 11.1 Å². The molecule has 2 rings (SSSR count). The van der Waals surface area contributed by atoms with Crippen molar-refractivity contribution in [3.8, 4) is 11.3 Å². The molecule has 90 valence electrons. The van der Waals surface area contributed by atoms with Gasteiger partial charge in [0.15, 0.2) is 0 Å². The molecule has 3 heteroatoms. The van der Waals surface area contributed by atoms with Crippen LogP contribution in [-0.2, 0) is 7.05 Å². The SMILES string of the molecule is CCC(NC)c1ccc(-c2ccnn2C)cc1. The number of hydrogen-bond acceptors (Lipinski definition) is 2. The van der Waals surface area contributed by atoms with Crippen molar-refractivity contribution in [2.24, 2.45) is 7.05 Å². The normalized spacial score (nSPS) is 12.6. The van der Waals surface area contributed by atoms with E-state index in [2.05, 4.69) is 41.6 Å². The van der Waals surface area contributed by atoms with Gasteiger partial charge in [0.2, 0.25) is 0 Å². The van der Waals surface area contributed by atoms with Crippen molar-refractivity contribution in [3.63, 3.8) is 0 Å². The third-order valence-electron chi connectivity index (χ3n) is 3.19. The predicted octanol–water partition coefficient (Wildman–Crippen LogP) is 2.76. The Bertz CT molecular complexity index is 466. The van der Waals surface area contributed by atoms with E-state index < -0.39 is 0 Å². The van der Waals surface area contributed by atoms with Gasteiger partial charge in [0.25, 0.3) is 0 Å². The first-order valence-corrected chi connectivity index (χ1v) is 6.02. The molecule has 0 fully saturated rings. The summed E-state index contributed by atoms with van der Waals surface area (Å²) in [6.45, 7) is 2.19. The Labute approximate surface area is 102 Å². The zero-order valence-electron chi connectivity index (χ0n) is 10.6. The lowest BCUT2D eigenvalue weighted by atomic mass is 10.0. The fraction of sp³-hybridized carbons (Fsp3) is 0.357. The molecular formula is C14H19N3. The lowest BCUT2D eigenvalue weighted by molar-refractivity contribution is 0.577. The van der Waals surface area contributed by atoms with E-state index in [1.54, 1.807) is 0 Å². The second-order valence-electron chi connectivity index (χ2n) is 4.21. The van der Waals surface area contributed by atoms with Gasteiger partial charge in [-0.25, -0.2) is 0 Å². The minimum atomic E-state index is 0.440. The molecule has 0 saturated heterocycles. The summed E-state index contributed by atoms with van der Waals surface area (Å²) < 4.78 is 1.89. The van der Waals surface area contributed by atoms with E-state index in [0.29, 0.717) is 6.04 Å². The molecule has 0 aliphatic heterocycles. The third-order valence-corrected chi connectivity index (χ3v) is 3.19. The molecule has 1 heterocycles. The van der Waals surface area contributed by atoms with Gasteiger partial charge in [-0.3, -0.25) is 4.68 Å². The van der Waals surface area contributed by atoms with Gasteiger partial charge >= 0.3 is 0 Å². The smallest absolute Gasteiger partial charge is 0.0678 e. The first kappa shape index (κ1) is 11.9. The Morgan fingerprint density at radius 2 is 1.94 bits per heavy atom. The highest BCUT2D eigenvalue weighted by molar-refractivity contribution is 5.59. The van der Waals surface area contributed by atoms with E-state index in [0.717, 1.165) is 12.1 Å². The summed E-state index contributed by atoms with van der Waals surface area (Å²) in [4.78, 5) is 0. The van der Waals surface area contributed by atoms with Crippen LogP contribution in [0.5, 0.6) is 0 Å². The van der Waals surface area contributed by atoms with Crippen molar-refractivity contribution in [2.45, 2.75) is 19.4 Å².